The molecule has 0 unspecified atom stereocenters. The predicted molar refractivity (Wildman–Crippen MR) is 90.0 cm³/mol. The summed E-state index contributed by atoms with van der Waals surface area (Å²) in [6, 6.07) is 0. The number of hydrogen-bond acceptors (Lipinski definition) is 3. The van der Waals surface area contributed by atoms with E-state index in [1.165, 1.54) is 83.7 Å². The van der Waals surface area contributed by atoms with Gasteiger partial charge in [0.1, 0.15) is 0 Å². The van der Waals surface area contributed by atoms with Crippen LogP contribution in [0.5, 0.6) is 0 Å². The van der Waals surface area contributed by atoms with E-state index in [0.717, 1.165) is 26.0 Å². The lowest BCUT2D eigenvalue weighted by atomic mass is 9.97. The highest BCUT2D eigenvalue weighted by Gasteiger charge is 2.41. The molecule has 3 heteroatoms. The van der Waals surface area contributed by atoms with Gasteiger partial charge in [-0.05, 0) is 38.8 Å². The number of hydrogen-bond donors (Lipinski definition) is 0. The van der Waals surface area contributed by atoms with Crippen molar-refractivity contribution in [2.75, 3.05) is 26.2 Å². The van der Waals surface area contributed by atoms with E-state index in [9.17, 15) is 0 Å². The Labute approximate surface area is 136 Å². The van der Waals surface area contributed by atoms with Crippen LogP contribution < -0.4 is 0 Å². The molecule has 1 saturated carbocycles. The summed E-state index contributed by atoms with van der Waals surface area (Å²) in [5.74, 6) is -0.233. The maximum atomic E-state index is 6.49. The van der Waals surface area contributed by atoms with E-state index >= 15 is 0 Å². The van der Waals surface area contributed by atoms with Gasteiger partial charge >= 0.3 is 0 Å². The Hall–Kier alpha value is -0.120. The van der Waals surface area contributed by atoms with Crippen LogP contribution >= 0.6 is 0 Å². The summed E-state index contributed by atoms with van der Waals surface area (Å²) in [7, 11) is 0. The largest absolute Gasteiger partial charge is 0.347 e. The molecule has 0 aromatic carbocycles. The van der Waals surface area contributed by atoms with E-state index in [-0.39, 0.29) is 5.79 Å². The van der Waals surface area contributed by atoms with E-state index < -0.39 is 0 Å². The van der Waals surface area contributed by atoms with Crippen molar-refractivity contribution >= 4 is 0 Å². The first-order chi connectivity index (χ1) is 10.9. The zero-order valence-corrected chi connectivity index (χ0v) is 14.4. The van der Waals surface area contributed by atoms with Gasteiger partial charge < -0.3 is 14.4 Å². The Morgan fingerprint density at radius 1 is 0.727 bits per heavy atom. The van der Waals surface area contributed by atoms with Crippen molar-refractivity contribution in [3.05, 3.63) is 0 Å². The summed E-state index contributed by atoms with van der Waals surface area (Å²) in [4.78, 5) is 2.56. The molecule has 1 spiro atoms. The molecule has 1 aliphatic carbocycles. The molecular formula is C19H35NO2. The van der Waals surface area contributed by atoms with Crippen LogP contribution in [0.25, 0.3) is 0 Å². The highest BCUT2D eigenvalue weighted by Crippen LogP contribution is 2.35. The average molecular weight is 309 g/mol. The maximum Gasteiger partial charge on any atom is 0.168 e. The summed E-state index contributed by atoms with van der Waals surface area (Å²) in [6.45, 7) is 4.41. The lowest BCUT2D eigenvalue weighted by Gasteiger charge is -2.29. The van der Waals surface area contributed by atoms with Crippen molar-refractivity contribution in [2.45, 2.75) is 95.4 Å². The molecule has 3 rings (SSSR count). The number of likely N-dealkylation sites (tertiary alicyclic amines) is 1. The molecule has 2 aliphatic heterocycles. The lowest BCUT2D eigenvalue weighted by Crippen LogP contribution is -2.35. The molecule has 128 valence electrons. The molecule has 0 radical (unpaired) electrons. The van der Waals surface area contributed by atoms with Gasteiger partial charge in [0.25, 0.3) is 0 Å². The van der Waals surface area contributed by atoms with Gasteiger partial charge in [0.05, 0.1) is 12.7 Å². The highest BCUT2D eigenvalue weighted by atomic mass is 16.7. The summed E-state index contributed by atoms with van der Waals surface area (Å²) in [5, 5.41) is 0. The molecule has 22 heavy (non-hydrogen) atoms. The molecule has 3 fully saturated rings. The summed E-state index contributed by atoms with van der Waals surface area (Å²) in [6.07, 6.45) is 17.6. The lowest BCUT2D eigenvalue weighted by molar-refractivity contribution is -0.180. The van der Waals surface area contributed by atoms with Gasteiger partial charge in [0.15, 0.2) is 5.79 Å². The van der Waals surface area contributed by atoms with Crippen LogP contribution in [0.15, 0.2) is 0 Å². The van der Waals surface area contributed by atoms with Crippen molar-refractivity contribution in [2.24, 2.45) is 0 Å². The first-order valence-corrected chi connectivity index (χ1v) is 9.90. The van der Waals surface area contributed by atoms with Gasteiger partial charge in [-0.1, -0.05) is 44.9 Å². The third-order valence-corrected chi connectivity index (χ3v) is 5.69. The molecule has 3 aliphatic rings. The monoisotopic (exact) mass is 309 g/mol. The van der Waals surface area contributed by atoms with E-state index in [0.29, 0.717) is 6.10 Å². The quantitative estimate of drug-likeness (QED) is 0.749. The molecule has 1 atom stereocenters. The Morgan fingerprint density at radius 3 is 1.86 bits per heavy atom. The molecular weight excluding hydrogens is 274 g/mol. The fraction of sp³-hybridized carbons (Fsp3) is 1.00. The Balaban J connectivity index is 1.49. The zero-order valence-electron chi connectivity index (χ0n) is 14.4. The number of nitrogens with zero attached hydrogens (tertiary/aromatic N) is 1. The first kappa shape index (κ1) is 16.7. The topological polar surface area (TPSA) is 21.7 Å². The molecule has 0 aromatic rings. The third kappa shape index (κ3) is 4.94. The smallest absolute Gasteiger partial charge is 0.168 e. The summed E-state index contributed by atoms with van der Waals surface area (Å²) in [5.41, 5.74) is 0. The number of rotatable bonds is 2. The van der Waals surface area contributed by atoms with Crippen molar-refractivity contribution in [3.8, 4) is 0 Å². The van der Waals surface area contributed by atoms with Gasteiger partial charge in [0.2, 0.25) is 0 Å². The van der Waals surface area contributed by atoms with Gasteiger partial charge in [-0.15, -0.1) is 0 Å². The molecule has 0 aromatic heterocycles. The predicted octanol–water partition coefficient (Wildman–Crippen LogP) is 4.50. The van der Waals surface area contributed by atoms with Crippen molar-refractivity contribution in [1.29, 1.82) is 0 Å². The maximum absolute atomic E-state index is 6.49. The van der Waals surface area contributed by atoms with Gasteiger partial charge in [-0.3, -0.25) is 0 Å². The van der Waals surface area contributed by atoms with E-state index in [2.05, 4.69) is 4.90 Å². The first-order valence-electron chi connectivity index (χ1n) is 9.90. The second-order valence-electron chi connectivity index (χ2n) is 7.65. The van der Waals surface area contributed by atoms with E-state index in [1.807, 2.05) is 0 Å². The second kappa shape index (κ2) is 8.65. The second-order valence-corrected chi connectivity index (χ2v) is 7.65. The van der Waals surface area contributed by atoms with Crippen LogP contribution in [0, 0.1) is 0 Å². The molecule has 2 saturated heterocycles. The Bertz CT molecular complexity index is 303. The molecule has 2 heterocycles. The van der Waals surface area contributed by atoms with Crippen LogP contribution in [-0.2, 0) is 9.47 Å². The summed E-state index contributed by atoms with van der Waals surface area (Å²) >= 11 is 0. The summed E-state index contributed by atoms with van der Waals surface area (Å²) < 4.78 is 12.8. The van der Waals surface area contributed by atoms with Crippen LogP contribution in [-0.4, -0.2) is 43.0 Å². The van der Waals surface area contributed by atoms with Crippen LogP contribution in [0.4, 0.5) is 0 Å². The number of ether oxygens (including phenoxy) is 2. The van der Waals surface area contributed by atoms with Crippen LogP contribution in [0.1, 0.15) is 83.5 Å². The minimum absolute atomic E-state index is 0.233. The Morgan fingerprint density at radius 2 is 1.27 bits per heavy atom. The van der Waals surface area contributed by atoms with Crippen molar-refractivity contribution in [3.63, 3.8) is 0 Å². The van der Waals surface area contributed by atoms with E-state index in [4.69, 9.17) is 9.47 Å². The highest BCUT2D eigenvalue weighted by molar-refractivity contribution is 4.82. The fourth-order valence-corrected chi connectivity index (χ4v) is 4.37. The normalized spacial score (nSPS) is 31.9. The molecule has 3 nitrogen and oxygen atoms in total. The average Bonchev–Trinajstić information content (AvgIpc) is 3.14. The van der Waals surface area contributed by atoms with Crippen LogP contribution in [0.3, 0.4) is 0 Å². The Kier molecular flexibility index (Phi) is 6.58. The van der Waals surface area contributed by atoms with Gasteiger partial charge in [-0.2, -0.15) is 0 Å². The molecule has 0 N–H and O–H groups in total. The SMILES string of the molecule is C1CCCCCC2(CCCCC1)OC[C@H](CN1CCCC1)O2. The third-order valence-electron chi connectivity index (χ3n) is 5.69. The minimum Gasteiger partial charge on any atom is -0.347 e. The minimum atomic E-state index is -0.233. The van der Waals surface area contributed by atoms with Crippen LogP contribution in [0.2, 0.25) is 0 Å². The van der Waals surface area contributed by atoms with E-state index in [1.54, 1.807) is 0 Å². The van der Waals surface area contributed by atoms with Crippen molar-refractivity contribution in [1.82, 2.24) is 4.90 Å². The standard InChI is InChI=1S/C19H35NO2/c1-2-4-6-8-12-19(13-9-7-5-3-1)21-17-18(22-19)16-20-14-10-11-15-20/h18H,1-17H2/t18-/m0/s1. The zero-order chi connectivity index (χ0) is 15.1. The van der Waals surface area contributed by atoms with Gasteiger partial charge in [-0.25, -0.2) is 0 Å². The molecule has 0 bridgehead atoms. The van der Waals surface area contributed by atoms with Gasteiger partial charge in [0, 0.05) is 19.4 Å². The molecule has 0 amide bonds. The fourth-order valence-electron chi connectivity index (χ4n) is 4.37. The van der Waals surface area contributed by atoms with Crippen molar-refractivity contribution < 1.29 is 9.47 Å².